The van der Waals surface area contributed by atoms with Crippen LogP contribution < -0.4 is 14.8 Å². The standard InChI is InChI=1S/C19H23BrFNO4/c1-24-18-10-15(12-22-6-8-25-9-7-23)17(20)11-19(18)26-13-14-2-4-16(21)5-3-14/h2-5,10-11,22-23H,6-9,12-13H2,1H3. The van der Waals surface area contributed by atoms with Crippen LogP contribution in [0.5, 0.6) is 11.5 Å². The Morgan fingerprint density at radius 2 is 1.88 bits per heavy atom. The molecule has 0 aliphatic rings. The molecule has 0 saturated carbocycles. The molecule has 0 saturated heterocycles. The fourth-order valence-electron chi connectivity index (χ4n) is 2.26. The Hall–Kier alpha value is -1.67. The quantitative estimate of drug-likeness (QED) is 0.538. The van der Waals surface area contributed by atoms with Gasteiger partial charge in [0, 0.05) is 17.6 Å². The van der Waals surface area contributed by atoms with Crippen molar-refractivity contribution < 1.29 is 23.7 Å². The maximum Gasteiger partial charge on any atom is 0.162 e. The molecule has 0 radical (unpaired) electrons. The average molecular weight is 428 g/mol. The van der Waals surface area contributed by atoms with Crippen LogP contribution in [0.15, 0.2) is 40.9 Å². The predicted octanol–water partition coefficient (Wildman–Crippen LogP) is 3.27. The maximum atomic E-state index is 13.0. The van der Waals surface area contributed by atoms with Gasteiger partial charge in [0.15, 0.2) is 11.5 Å². The van der Waals surface area contributed by atoms with E-state index < -0.39 is 0 Å². The predicted molar refractivity (Wildman–Crippen MR) is 101 cm³/mol. The highest BCUT2D eigenvalue weighted by molar-refractivity contribution is 9.10. The lowest BCUT2D eigenvalue weighted by molar-refractivity contribution is 0.0938. The normalized spacial score (nSPS) is 10.8. The largest absolute Gasteiger partial charge is 0.493 e. The highest BCUT2D eigenvalue weighted by atomic mass is 79.9. The minimum absolute atomic E-state index is 0.0299. The minimum Gasteiger partial charge on any atom is -0.493 e. The van der Waals surface area contributed by atoms with Gasteiger partial charge in [-0.25, -0.2) is 4.39 Å². The first-order chi connectivity index (χ1) is 12.6. The summed E-state index contributed by atoms with van der Waals surface area (Å²) in [6.45, 7) is 2.55. The van der Waals surface area contributed by atoms with Gasteiger partial charge in [-0.1, -0.05) is 28.1 Å². The first-order valence-electron chi connectivity index (χ1n) is 8.27. The van der Waals surface area contributed by atoms with Gasteiger partial charge < -0.3 is 24.6 Å². The Kier molecular flexibility index (Phi) is 8.84. The van der Waals surface area contributed by atoms with Crippen LogP contribution in [0, 0.1) is 5.82 Å². The fraction of sp³-hybridized carbons (Fsp3) is 0.368. The molecular formula is C19H23BrFNO4. The zero-order chi connectivity index (χ0) is 18.8. The zero-order valence-electron chi connectivity index (χ0n) is 14.6. The lowest BCUT2D eigenvalue weighted by Gasteiger charge is -2.14. The van der Waals surface area contributed by atoms with Crippen LogP contribution in [0.4, 0.5) is 4.39 Å². The molecule has 0 aliphatic heterocycles. The van der Waals surface area contributed by atoms with Gasteiger partial charge in [0.05, 0.1) is 26.9 Å². The molecule has 0 atom stereocenters. The Bertz CT molecular complexity index is 682. The van der Waals surface area contributed by atoms with Crippen molar-refractivity contribution in [3.05, 3.63) is 57.8 Å². The summed E-state index contributed by atoms with van der Waals surface area (Å²) in [6, 6.07) is 9.96. The summed E-state index contributed by atoms with van der Waals surface area (Å²) < 4.78 is 30.3. The van der Waals surface area contributed by atoms with E-state index in [4.69, 9.17) is 19.3 Å². The number of ether oxygens (including phenoxy) is 3. The third kappa shape index (κ3) is 6.57. The Labute approximate surface area is 161 Å². The Morgan fingerprint density at radius 1 is 1.12 bits per heavy atom. The molecule has 0 aromatic heterocycles. The number of nitrogens with one attached hydrogen (secondary N) is 1. The Balaban J connectivity index is 1.93. The molecule has 142 valence electrons. The second-order valence-corrected chi connectivity index (χ2v) is 6.38. The monoisotopic (exact) mass is 427 g/mol. The molecule has 2 aromatic rings. The molecule has 26 heavy (non-hydrogen) atoms. The van der Waals surface area contributed by atoms with Gasteiger partial charge >= 0.3 is 0 Å². The first kappa shape index (κ1) is 20.6. The van der Waals surface area contributed by atoms with Gasteiger partial charge in [0.25, 0.3) is 0 Å². The number of rotatable bonds is 11. The van der Waals surface area contributed by atoms with E-state index in [0.717, 1.165) is 15.6 Å². The van der Waals surface area contributed by atoms with Crippen molar-refractivity contribution in [3.8, 4) is 11.5 Å². The van der Waals surface area contributed by atoms with Gasteiger partial charge in [-0.05, 0) is 35.4 Å². The summed E-state index contributed by atoms with van der Waals surface area (Å²) in [7, 11) is 1.59. The number of benzene rings is 2. The lowest BCUT2D eigenvalue weighted by atomic mass is 10.2. The van der Waals surface area contributed by atoms with E-state index in [0.29, 0.717) is 44.4 Å². The van der Waals surface area contributed by atoms with Crippen LogP contribution in [0.25, 0.3) is 0 Å². The van der Waals surface area contributed by atoms with Gasteiger partial charge in [-0.15, -0.1) is 0 Å². The van der Waals surface area contributed by atoms with E-state index >= 15 is 0 Å². The third-order valence-corrected chi connectivity index (χ3v) is 4.35. The molecule has 0 bridgehead atoms. The van der Waals surface area contributed by atoms with Gasteiger partial charge in [0.2, 0.25) is 0 Å². The van der Waals surface area contributed by atoms with Crippen LogP contribution in [-0.4, -0.2) is 38.6 Å². The number of methoxy groups -OCH3 is 1. The van der Waals surface area contributed by atoms with Crippen molar-refractivity contribution in [2.75, 3.05) is 33.5 Å². The topological polar surface area (TPSA) is 60.0 Å². The molecule has 2 rings (SSSR count). The fourth-order valence-corrected chi connectivity index (χ4v) is 2.72. The number of halogens is 2. The molecule has 0 amide bonds. The van der Waals surface area contributed by atoms with Crippen LogP contribution >= 0.6 is 15.9 Å². The first-order valence-corrected chi connectivity index (χ1v) is 9.06. The highest BCUT2D eigenvalue weighted by Gasteiger charge is 2.11. The van der Waals surface area contributed by atoms with Crippen molar-refractivity contribution in [1.29, 1.82) is 0 Å². The number of aliphatic hydroxyl groups is 1. The van der Waals surface area contributed by atoms with Gasteiger partial charge in [-0.2, -0.15) is 0 Å². The molecular weight excluding hydrogens is 405 g/mol. The van der Waals surface area contributed by atoms with Crippen LogP contribution in [0.3, 0.4) is 0 Å². The van der Waals surface area contributed by atoms with E-state index in [1.807, 2.05) is 12.1 Å². The van der Waals surface area contributed by atoms with E-state index in [2.05, 4.69) is 21.2 Å². The summed E-state index contributed by atoms with van der Waals surface area (Å²) in [5.74, 6) is 0.968. The summed E-state index contributed by atoms with van der Waals surface area (Å²) >= 11 is 3.55. The smallest absolute Gasteiger partial charge is 0.162 e. The van der Waals surface area contributed by atoms with E-state index in [1.54, 1.807) is 19.2 Å². The average Bonchev–Trinajstić information content (AvgIpc) is 2.65. The summed E-state index contributed by atoms with van der Waals surface area (Å²) in [5, 5.41) is 11.9. The second kappa shape index (κ2) is 11.1. The molecule has 2 N–H and O–H groups in total. The zero-order valence-corrected chi connectivity index (χ0v) is 16.2. The van der Waals surface area contributed by atoms with Gasteiger partial charge in [0.1, 0.15) is 12.4 Å². The summed E-state index contributed by atoms with van der Waals surface area (Å²) in [6.07, 6.45) is 0. The summed E-state index contributed by atoms with van der Waals surface area (Å²) in [5.41, 5.74) is 1.90. The van der Waals surface area contributed by atoms with Crippen molar-refractivity contribution in [3.63, 3.8) is 0 Å². The van der Waals surface area contributed by atoms with Crippen molar-refractivity contribution >= 4 is 15.9 Å². The minimum atomic E-state index is -0.271. The van der Waals surface area contributed by atoms with Crippen molar-refractivity contribution in [2.45, 2.75) is 13.2 Å². The molecule has 0 unspecified atom stereocenters. The SMILES string of the molecule is COc1cc(CNCCOCCO)c(Br)cc1OCc1ccc(F)cc1. The molecule has 5 nitrogen and oxygen atoms in total. The second-order valence-electron chi connectivity index (χ2n) is 5.52. The van der Waals surface area contributed by atoms with Crippen LogP contribution in [-0.2, 0) is 17.9 Å². The van der Waals surface area contributed by atoms with E-state index in [-0.39, 0.29) is 12.4 Å². The number of hydrogen-bond donors (Lipinski definition) is 2. The van der Waals surface area contributed by atoms with E-state index in [9.17, 15) is 4.39 Å². The molecule has 0 fully saturated rings. The van der Waals surface area contributed by atoms with Crippen molar-refractivity contribution in [1.82, 2.24) is 5.32 Å². The van der Waals surface area contributed by atoms with Gasteiger partial charge in [-0.3, -0.25) is 0 Å². The molecule has 7 heteroatoms. The number of aliphatic hydroxyl groups excluding tert-OH is 1. The third-order valence-electron chi connectivity index (χ3n) is 3.61. The molecule has 0 spiro atoms. The molecule has 2 aromatic carbocycles. The Morgan fingerprint density at radius 3 is 2.58 bits per heavy atom. The molecule has 0 heterocycles. The highest BCUT2D eigenvalue weighted by Crippen LogP contribution is 2.34. The van der Waals surface area contributed by atoms with Crippen LogP contribution in [0.2, 0.25) is 0 Å². The van der Waals surface area contributed by atoms with Crippen molar-refractivity contribution in [2.24, 2.45) is 0 Å². The number of hydrogen-bond acceptors (Lipinski definition) is 5. The maximum absolute atomic E-state index is 13.0. The summed E-state index contributed by atoms with van der Waals surface area (Å²) in [4.78, 5) is 0. The lowest BCUT2D eigenvalue weighted by Crippen LogP contribution is -2.20. The van der Waals surface area contributed by atoms with Crippen LogP contribution in [0.1, 0.15) is 11.1 Å². The van der Waals surface area contributed by atoms with E-state index in [1.165, 1.54) is 12.1 Å². The molecule has 0 aliphatic carbocycles.